The highest BCUT2D eigenvalue weighted by Crippen LogP contribution is 2.51. The molecule has 0 saturated carbocycles. The predicted molar refractivity (Wildman–Crippen MR) is 177 cm³/mol. The van der Waals surface area contributed by atoms with Crippen LogP contribution < -0.4 is 9.80 Å². The second-order valence-electron chi connectivity index (χ2n) is 13.0. The van der Waals surface area contributed by atoms with Crippen LogP contribution >= 0.6 is 0 Å². The standard InChI is InChI=1S/C39H48N2/c1-26(2)32-21-15-23-34(36(32)28(5)6)40-25-41(35-24-16-22-33(27(3)4)37(35)29(7)8)39(31-19-13-10-14-20-31)38(40)30-17-11-9-12-18-30/h9-24,26-29,38-39H,25H2,1-8H3/t38-,39-/m1/s1. The molecule has 5 rings (SSSR count). The van der Waals surface area contributed by atoms with Crippen LogP contribution in [0.4, 0.5) is 11.4 Å². The zero-order valence-corrected chi connectivity index (χ0v) is 26.3. The third kappa shape index (κ3) is 5.54. The van der Waals surface area contributed by atoms with Crippen LogP contribution in [0.1, 0.15) is 125 Å². The molecular weight excluding hydrogens is 496 g/mol. The van der Waals surface area contributed by atoms with Gasteiger partial charge in [-0.2, -0.15) is 0 Å². The largest absolute Gasteiger partial charge is 0.344 e. The Morgan fingerprint density at radius 3 is 1.12 bits per heavy atom. The summed E-state index contributed by atoms with van der Waals surface area (Å²) in [7, 11) is 0. The summed E-state index contributed by atoms with van der Waals surface area (Å²) in [6, 6.07) is 36.7. The summed E-state index contributed by atoms with van der Waals surface area (Å²) >= 11 is 0. The highest BCUT2D eigenvalue weighted by atomic mass is 15.4. The van der Waals surface area contributed by atoms with Gasteiger partial charge >= 0.3 is 0 Å². The van der Waals surface area contributed by atoms with Crippen LogP contribution in [0.15, 0.2) is 97.1 Å². The van der Waals surface area contributed by atoms with E-state index in [9.17, 15) is 0 Å². The third-order valence-corrected chi connectivity index (χ3v) is 8.81. The monoisotopic (exact) mass is 544 g/mol. The average molecular weight is 545 g/mol. The Morgan fingerprint density at radius 1 is 0.439 bits per heavy atom. The fourth-order valence-corrected chi connectivity index (χ4v) is 7.06. The van der Waals surface area contributed by atoms with Crippen LogP contribution in [-0.4, -0.2) is 6.67 Å². The Balaban J connectivity index is 1.80. The second-order valence-corrected chi connectivity index (χ2v) is 13.0. The Morgan fingerprint density at radius 2 is 0.805 bits per heavy atom. The van der Waals surface area contributed by atoms with Gasteiger partial charge in [-0.25, -0.2) is 0 Å². The van der Waals surface area contributed by atoms with Crippen LogP contribution in [0.2, 0.25) is 0 Å². The average Bonchev–Trinajstić information content (AvgIpc) is 3.37. The van der Waals surface area contributed by atoms with Gasteiger partial charge in [-0.05, 0) is 69.2 Å². The lowest BCUT2D eigenvalue weighted by atomic mass is 9.86. The predicted octanol–water partition coefficient (Wildman–Crippen LogP) is 10.9. The van der Waals surface area contributed by atoms with E-state index in [0.29, 0.717) is 23.7 Å². The van der Waals surface area contributed by atoms with Crippen LogP contribution in [0.3, 0.4) is 0 Å². The molecule has 0 aromatic heterocycles. The zero-order chi connectivity index (χ0) is 29.3. The summed E-state index contributed by atoms with van der Waals surface area (Å²) < 4.78 is 0. The number of nitrogens with zero attached hydrogens (tertiary/aromatic N) is 2. The number of hydrogen-bond donors (Lipinski definition) is 0. The van der Waals surface area contributed by atoms with Crippen LogP contribution in [0, 0.1) is 0 Å². The molecule has 0 spiro atoms. The van der Waals surface area contributed by atoms with E-state index >= 15 is 0 Å². The van der Waals surface area contributed by atoms with Gasteiger partial charge < -0.3 is 9.80 Å². The molecule has 1 heterocycles. The van der Waals surface area contributed by atoms with Crippen LogP contribution in [-0.2, 0) is 0 Å². The van der Waals surface area contributed by atoms with Crippen molar-refractivity contribution in [1.82, 2.24) is 0 Å². The Labute approximate surface area is 249 Å². The quantitative estimate of drug-likeness (QED) is 0.218. The Bertz CT molecular complexity index is 1320. The van der Waals surface area contributed by atoms with Gasteiger partial charge in [-0.3, -0.25) is 0 Å². The maximum atomic E-state index is 2.71. The normalized spacial score (nSPS) is 17.5. The minimum absolute atomic E-state index is 0.168. The van der Waals surface area contributed by atoms with Crippen molar-refractivity contribution in [1.29, 1.82) is 0 Å². The van der Waals surface area contributed by atoms with Gasteiger partial charge in [0.15, 0.2) is 0 Å². The van der Waals surface area contributed by atoms with Gasteiger partial charge in [0.1, 0.15) is 0 Å². The first-order valence-corrected chi connectivity index (χ1v) is 15.6. The van der Waals surface area contributed by atoms with E-state index in [0.717, 1.165) is 6.67 Å². The smallest absolute Gasteiger partial charge is 0.0917 e. The molecule has 214 valence electrons. The van der Waals surface area contributed by atoms with E-state index in [1.54, 1.807) is 0 Å². The maximum Gasteiger partial charge on any atom is 0.0917 e. The van der Waals surface area contributed by atoms with Crippen molar-refractivity contribution >= 4 is 11.4 Å². The van der Waals surface area contributed by atoms with Crippen molar-refractivity contribution in [2.24, 2.45) is 0 Å². The first-order valence-electron chi connectivity index (χ1n) is 15.6. The number of anilines is 2. The lowest BCUT2D eigenvalue weighted by molar-refractivity contribution is 0.613. The summed E-state index contributed by atoms with van der Waals surface area (Å²) in [6.07, 6.45) is 0. The molecule has 1 saturated heterocycles. The Hall–Kier alpha value is -3.52. The van der Waals surface area contributed by atoms with Gasteiger partial charge in [0.05, 0.1) is 18.8 Å². The lowest BCUT2D eigenvalue weighted by Gasteiger charge is -2.33. The van der Waals surface area contributed by atoms with E-state index in [1.165, 1.54) is 44.8 Å². The topological polar surface area (TPSA) is 6.48 Å². The first-order chi connectivity index (χ1) is 19.7. The zero-order valence-electron chi connectivity index (χ0n) is 26.3. The SMILES string of the molecule is CC(C)c1cccc(N2CN(c3cccc(C(C)C)c3C(C)C)[C@H](c3ccccc3)[C@H]2c2ccccc2)c1C(C)C. The van der Waals surface area contributed by atoms with Gasteiger partial charge in [0.2, 0.25) is 0 Å². The first kappa shape index (κ1) is 29.0. The highest BCUT2D eigenvalue weighted by Gasteiger charge is 2.44. The van der Waals surface area contributed by atoms with E-state index in [4.69, 9.17) is 0 Å². The minimum atomic E-state index is 0.168. The van der Waals surface area contributed by atoms with E-state index in [-0.39, 0.29) is 12.1 Å². The van der Waals surface area contributed by atoms with Crippen molar-refractivity contribution in [3.8, 4) is 0 Å². The van der Waals surface area contributed by atoms with Crippen molar-refractivity contribution in [3.05, 3.63) is 130 Å². The molecule has 41 heavy (non-hydrogen) atoms. The van der Waals surface area contributed by atoms with Crippen molar-refractivity contribution in [3.63, 3.8) is 0 Å². The third-order valence-electron chi connectivity index (χ3n) is 8.81. The van der Waals surface area contributed by atoms with Gasteiger partial charge in [0.25, 0.3) is 0 Å². The Kier molecular flexibility index (Phi) is 8.59. The second kappa shape index (κ2) is 12.1. The summed E-state index contributed by atoms with van der Waals surface area (Å²) in [4.78, 5) is 5.42. The maximum absolute atomic E-state index is 2.71. The highest BCUT2D eigenvalue weighted by molar-refractivity contribution is 5.68. The van der Waals surface area contributed by atoms with Gasteiger partial charge in [-0.15, -0.1) is 0 Å². The van der Waals surface area contributed by atoms with Gasteiger partial charge in [0, 0.05) is 11.4 Å². The molecule has 0 bridgehead atoms. The summed E-state index contributed by atoms with van der Waals surface area (Å²) in [5.74, 6) is 1.81. The molecule has 1 aliphatic heterocycles. The van der Waals surface area contributed by atoms with Crippen LogP contribution in [0.25, 0.3) is 0 Å². The molecule has 0 aliphatic carbocycles. The lowest BCUT2D eigenvalue weighted by Crippen LogP contribution is -2.28. The molecule has 0 amide bonds. The summed E-state index contributed by atoms with van der Waals surface area (Å²) in [5, 5.41) is 0. The minimum Gasteiger partial charge on any atom is -0.344 e. The number of benzene rings is 4. The van der Waals surface area contributed by atoms with Crippen molar-refractivity contribution in [2.75, 3.05) is 16.5 Å². The van der Waals surface area contributed by atoms with E-state index in [1.807, 2.05) is 0 Å². The molecule has 0 radical (unpaired) electrons. The summed E-state index contributed by atoms with van der Waals surface area (Å²) in [5.41, 5.74) is 11.4. The fraction of sp³-hybridized carbons (Fsp3) is 0.385. The van der Waals surface area contributed by atoms with E-state index in [2.05, 4.69) is 162 Å². The molecule has 0 unspecified atom stereocenters. The molecule has 2 heteroatoms. The van der Waals surface area contributed by atoms with Crippen molar-refractivity contribution < 1.29 is 0 Å². The molecule has 2 nitrogen and oxygen atoms in total. The fourth-order valence-electron chi connectivity index (χ4n) is 7.06. The summed E-state index contributed by atoms with van der Waals surface area (Å²) in [6.45, 7) is 19.6. The van der Waals surface area contributed by atoms with Crippen LogP contribution in [0.5, 0.6) is 0 Å². The molecule has 2 atom stereocenters. The molecule has 1 fully saturated rings. The molecule has 0 N–H and O–H groups in total. The van der Waals surface area contributed by atoms with Crippen molar-refractivity contribution in [2.45, 2.75) is 91.1 Å². The number of rotatable bonds is 8. The number of hydrogen-bond acceptors (Lipinski definition) is 2. The molecule has 4 aromatic rings. The van der Waals surface area contributed by atoms with Gasteiger partial charge in [-0.1, -0.05) is 140 Å². The molecular formula is C39H48N2. The van der Waals surface area contributed by atoms with E-state index < -0.39 is 0 Å². The molecule has 4 aromatic carbocycles. The molecule has 1 aliphatic rings.